The van der Waals surface area contributed by atoms with Crippen LogP contribution >= 0.6 is 0 Å². The summed E-state index contributed by atoms with van der Waals surface area (Å²) in [5.41, 5.74) is 7.20. The molecule has 5 nitrogen and oxygen atoms in total. The topological polar surface area (TPSA) is 64.2 Å². The summed E-state index contributed by atoms with van der Waals surface area (Å²) in [7, 11) is 3.65. The van der Waals surface area contributed by atoms with E-state index in [4.69, 9.17) is 5.73 Å². The Morgan fingerprint density at radius 2 is 2.10 bits per heavy atom. The van der Waals surface area contributed by atoms with Crippen LogP contribution in [0.2, 0.25) is 0 Å². The second kappa shape index (κ2) is 5.83. The number of benzene rings is 1. The van der Waals surface area contributed by atoms with Crippen LogP contribution in [0.4, 0.5) is 10.1 Å². The van der Waals surface area contributed by atoms with Gasteiger partial charge in [0, 0.05) is 32.3 Å². The van der Waals surface area contributed by atoms with Gasteiger partial charge in [0.2, 0.25) is 0 Å². The molecule has 0 saturated carbocycles. The van der Waals surface area contributed by atoms with Crippen molar-refractivity contribution in [3.8, 4) is 0 Å². The van der Waals surface area contributed by atoms with Crippen molar-refractivity contribution in [1.82, 2.24) is 9.78 Å². The normalized spacial score (nSPS) is 10.6. The molecule has 0 unspecified atom stereocenters. The van der Waals surface area contributed by atoms with Gasteiger partial charge in [-0.05, 0) is 17.7 Å². The van der Waals surface area contributed by atoms with Crippen LogP contribution in [0.25, 0.3) is 0 Å². The highest BCUT2D eigenvalue weighted by Gasteiger charge is 2.07. The first kappa shape index (κ1) is 14.2. The third kappa shape index (κ3) is 3.03. The molecule has 0 saturated heterocycles. The average molecular weight is 276 g/mol. The number of halogens is 1. The number of nitrogens with two attached hydrogens (primary N) is 1. The number of anilines is 1. The van der Waals surface area contributed by atoms with Crippen LogP contribution in [-0.4, -0.2) is 23.9 Å². The van der Waals surface area contributed by atoms with Gasteiger partial charge in [0.1, 0.15) is 5.82 Å². The standard InChI is InChI=1S/C14H17FN4O/c1-18(2)12-6-14(20)19(17-8-12)9-11-5-10(7-16)3-4-13(11)15/h3-6,8H,7,9,16H2,1-2H3. The molecule has 2 N–H and O–H groups in total. The minimum absolute atomic E-state index is 0.0895. The van der Waals surface area contributed by atoms with Gasteiger partial charge in [-0.25, -0.2) is 9.07 Å². The van der Waals surface area contributed by atoms with Gasteiger partial charge in [0.05, 0.1) is 18.4 Å². The minimum atomic E-state index is -0.368. The number of hydrogen-bond acceptors (Lipinski definition) is 4. The zero-order valence-corrected chi connectivity index (χ0v) is 11.5. The Balaban J connectivity index is 2.33. The minimum Gasteiger partial charge on any atom is -0.376 e. The third-order valence-corrected chi connectivity index (χ3v) is 3.04. The molecule has 1 aromatic carbocycles. The summed E-state index contributed by atoms with van der Waals surface area (Å²) >= 11 is 0. The van der Waals surface area contributed by atoms with E-state index in [2.05, 4.69) is 5.10 Å². The summed E-state index contributed by atoms with van der Waals surface area (Å²) < 4.78 is 15.0. The quantitative estimate of drug-likeness (QED) is 0.903. The molecule has 1 aromatic heterocycles. The molecule has 0 spiro atoms. The summed E-state index contributed by atoms with van der Waals surface area (Å²) in [5, 5.41) is 4.06. The van der Waals surface area contributed by atoms with E-state index in [1.54, 1.807) is 23.2 Å². The molecule has 20 heavy (non-hydrogen) atoms. The van der Waals surface area contributed by atoms with E-state index >= 15 is 0 Å². The Morgan fingerprint density at radius 1 is 1.35 bits per heavy atom. The Labute approximate surface area is 116 Å². The highest BCUT2D eigenvalue weighted by Crippen LogP contribution is 2.11. The van der Waals surface area contributed by atoms with Crippen molar-refractivity contribution in [2.75, 3.05) is 19.0 Å². The van der Waals surface area contributed by atoms with Gasteiger partial charge in [-0.3, -0.25) is 4.79 Å². The Morgan fingerprint density at radius 3 is 2.70 bits per heavy atom. The second-order valence-electron chi connectivity index (χ2n) is 4.73. The van der Waals surface area contributed by atoms with Crippen molar-refractivity contribution < 1.29 is 4.39 Å². The van der Waals surface area contributed by atoms with Crippen molar-refractivity contribution in [2.24, 2.45) is 5.73 Å². The highest BCUT2D eigenvalue weighted by molar-refractivity contribution is 5.40. The van der Waals surface area contributed by atoms with Gasteiger partial charge in [0.25, 0.3) is 5.56 Å². The van der Waals surface area contributed by atoms with Gasteiger partial charge in [-0.15, -0.1) is 0 Å². The molecular formula is C14H17FN4O. The van der Waals surface area contributed by atoms with Crippen LogP contribution in [0, 0.1) is 5.82 Å². The van der Waals surface area contributed by atoms with Crippen LogP contribution < -0.4 is 16.2 Å². The molecule has 0 aliphatic rings. The molecule has 0 amide bonds. The van der Waals surface area contributed by atoms with E-state index in [0.29, 0.717) is 17.8 Å². The zero-order chi connectivity index (χ0) is 14.7. The van der Waals surface area contributed by atoms with Crippen LogP contribution in [0.5, 0.6) is 0 Å². The molecule has 6 heteroatoms. The van der Waals surface area contributed by atoms with Gasteiger partial charge in [-0.2, -0.15) is 5.10 Å². The van der Waals surface area contributed by atoms with E-state index in [1.165, 1.54) is 16.8 Å². The lowest BCUT2D eigenvalue weighted by Gasteiger charge is -2.13. The smallest absolute Gasteiger partial charge is 0.269 e. The fourth-order valence-electron chi connectivity index (χ4n) is 1.82. The van der Waals surface area contributed by atoms with Crippen LogP contribution in [0.1, 0.15) is 11.1 Å². The van der Waals surface area contributed by atoms with Crippen LogP contribution in [0.15, 0.2) is 35.3 Å². The lowest BCUT2D eigenvalue weighted by atomic mass is 10.1. The summed E-state index contributed by atoms with van der Waals surface area (Å²) in [6.45, 7) is 0.418. The molecule has 0 fully saturated rings. The summed E-state index contributed by atoms with van der Waals surface area (Å²) in [5.74, 6) is -0.368. The summed E-state index contributed by atoms with van der Waals surface area (Å²) in [6, 6.07) is 6.11. The maximum atomic E-state index is 13.7. The van der Waals surface area contributed by atoms with E-state index in [1.807, 2.05) is 14.1 Å². The number of nitrogens with zero attached hydrogens (tertiary/aromatic N) is 3. The molecule has 0 radical (unpaired) electrons. The fourth-order valence-corrected chi connectivity index (χ4v) is 1.82. The maximum absolute atomic E-state index is 13.7. The van der Waals surface area contributed by atoms with Gasteiger partial charge in [0.15, 0.2) is 0 Å². The molecule has 0 aliphatic carbocycles. The first-order valence-electron chi connectivity index (χ1n) is 6.23. The van der Waals surface area contributed by atoms with Crippen LogP contribution in [-0.2, 0) is 13.1 Å². The Kier molecular flexibility index (Phi) is 4.14. The van der Waals surface area contributed by atoms with Crippen molar-refractivity contribution in [3.05, 3.63) is 57.8 Å². The summed E-state index contributed by atoms with van der Waals surface area (Å²) in [6.07, 6.45) is 1.58. The van der Waals surface area contributed by atoms with E-state index in [-0.39, 0.29) is 17.9 Å². The highest BCUT2D eigenvalue weighted by atomic mass is 19.1. The first-order valence-corrected chi connectivity index (χ1v) is 6.23. The monoisotopic (exact) mass is 276 g/mol. The maximum Gasteiger partial charge on any atom is 0.269 e. The van der Waals surface area contributed by atoms with Crippen molar-refractivity contribution >= 4 is 5.69 Å². The number of rotatable bonds is 4. The predicted octanol–water partition coefficient (Wildman–Crippen LogP) is 0.955. The van der Waals surface area contributed by atoms with Gasteiger partial charge in [-0.1, -0.05) is 6.07 Å². The predicted molar refractivity (Wildman–Crippen MR) is 76.2 cm³/mol. The van der Waals surface area contributed by atoms with Crippen molar-refractivity contribution in [1.29, 1.82) is 0 Å². The van der Waals surface area contributed by atoms with Crippen molar-refractivity contribution in [3.63, 3.8) is 0 Å². The summed E-state index contributed by atoms with van der Waals surface area (Å²) in [4.78, 5) is 13.7. The molecule has 2 aromatic rings. The molecule has 0 bridgehead atoms. The number of hydrogen-bond donors (Lipinski definition) is 1. The van der Waals surface area contributed by atoms with E-state index in [0.717, 1.165) is 5.56 Å². The SMILES string of the molecule is CN(C)c1cnn(Cc2cc(CN)ccc2F)c(=O)c1. The molecule has 1 heterocycles. The fraction of sp³-hybridized carbons (Fsp3) is 0.286. The average Bonchev–Trinajstić information content (AvgIpc) is 2.43. The third-order valence-electron chi connectivity index (χ3n) is 3.04. The van der Waals surface area contributed by atoms with Crippen LogP contribution in [0.3, 0.4) is 0 Å². The molecule has 106 valence electrons. The Hall–Kier alpha value is -2.21. The van der Waals surface area contributed by atoms with E-state index in [9.17, 15) is 9.18 Å². The Bertz CT molecular complexity index is 666. The lowest BCUT2D eigenvalue weighted by molar-refractivity contribution is 0.571. The molecule has 0 aliphatic heterocycles. The molecule has 2 rings (SSSR count). The zero-order valence-electron chi connectivity index (χ0n) is 11.5. The number of aromatic nitrogens is 2. The van der Waals surface area contributed by atoms with E-state index < -0.39 is 0 Å². The lowest BCUT2D eigenvalue weighted by Crippen LogP contribution is -2.25. The first-order chi connectivity index (χ1) is 9.51. The van der Waals surface area contributed by atoms with Gasteiger partial charge >= 0.3 is 0 Å². The van der Waals surface area contributed by atoms with Crippen molar-refractivity contribution in [2.45, 2.75) is 13.1 Å². The largest absolute Gasteiger partial charge is 0.376 e. The molecule has 0 atom stereocenters. The molecular weight excluding hydrogens is 259 g/mol. The second-order valence-corrected chi connectivity index (χ2v) is 4.73. The van der Waals surface area contributed by atoms with Gasteiger partial charge < -0.3 is 10.6 Å².